The molecule has 1 aliphatic carbocycles. The van der Waals surface area contributed by atoms with Crippen molar-refractivity contribution in [2.24, 2.45) is 0 Å². The van der Waals surface area contributed by atoms with Crippen molar-refractivity contribution in [3.05, 3.63) is 22.2 Å². The van der Waals surface area contributed by atoms with Gasteiger partial charge < -0.3 is 4.74 Å². The zero-order valence-corrected chi connectivity index (χ0v) is 15.1. The highest BCUT2D eigenvalue weighted by Crippen LogP contribution is 2.46. The lowest BCUT2D eigenvalue weighted by atomic mass is 9.98. The van der Waals surface area contributed by atoms with E-state index in [0.717, 1.165) is 0 Å². The van der Waals surface area contributed by atoms with Crippen LogP contribution in [-0.4, -0.2) is 21.7 Å². The van der Waals surface area contributed by atoms with Gasteiger partial charge in [0, 0.05) is 0 Å². The molecule has 102 valence electrons. The van der Waals surface area contributed by atoms with Crippen LogP contribution in [0.2, 0.25) is 39.3 Å². The minimum absolute atomic E-state index is 0.0266. The van der Waals surface area contributed by atoms with Gasteiger partial charge in [0.05, 0.1) is 13.5 Å². The van der Waals surface area contributed by atoms with E-state index in [1.807, 2.05) is 0 Å². The standard InChI is InChI=1S/C15H28OSi2/c1-15-10-8-9-12(15)11-13(17(2,3)4)14(16-15)18(5,6)7/h11H,8-10H2,1-7H3. The summed E-state index contributed by atoms with van der Waals surface area (Å²) < 4.78 is 6.61. The maximum Gasteiger partial charge on any atom is 0.126 e. The maximum atomic E-state index is 6.61. The Balaban J connectivity index is 2.55. The van der Waals surface area contributed by atoms with Crippen molar-refractivity contribution in [2.75, 3.05) is 0 Å². The van der Waals surface area contributed by atoms with Crippen LogP contribution in [0.3, 0.4) is 0 Å². The third kappa shape index (κ3) is 2.39. The largest absolute Gasteiger partial charge is 0.493 e. The summed E-state index contributed by atoms with van der Waals surface area (Å²) in [6.45, 7) is 16.9. The highest BCUT2D eigenvalue weighted by Gasteiger charge is 2.44. The molecule has 1 unspecified atom stereocenters. The molecule has 0 aromatic heterocycles. The van der Waals surface area contributed by atoms with E-state index in [1.54, 1.807) is 10.8 Å². The van der Waals surface area contributed by atoms with Crippen molar-refractivity contribution in [3.63, 3.8) is 0 Å². The molecule has 1 fully saturated rings. The first-order valence-corrected chi connectivity index (χ1v) is 14.2. The molecule has 1 nitrogen and oxygen atoms in total. The van der Waals surface area contributed by atoms with Gasteiger partial charge in [-0.05, 0) is 37.0 Å². The highest BCUT2D eigenvalue weighted by molar-refractivity contribution is 6.89. The molecule has 3 heteroatoms. The molecule has 2 aliphatic rings. The van der Waals surface area contributed by atoms with E-state index in [4.69, 9.17) is 4.74 Å². The number of hydrogen-bond acceptors (Lipinski definition) is 1. The molecule has 0 aromatic rings. The Hall–Kier alpha value is -0.286. The fourth-order valence-electron chi connectivity index (χ4n) is 3.02. The second-order valence-corrected chi connectivity index (χ2v) is 18.1. The van der Waals surface area contributed by atoms with Crippen LogP contribution in [0.5, 0.6) is 0 Å². The summed E-state index contributed by atoms with van der Waals surface area (Å²) in [6, 6.07) is 0. The SMILES string of the molecule is CC12CCCC1=CC([Si](C)(C)C)=C([Si](C)(C)C)O2. The number of allylic oxidation sites excluding steroid dienone is 2. The van der Waals surface area contributed by atoms with Gasteiger partial charge in [-0.2, -0.15) is 0 Å². The van der Waals surface area contributed by atoms with E-state index >= 15 is 0 Å². The average Bonchev–Trinajstić information content (AvgIpc) is 2.53. The zero-order valence-electron chi connectivity index (χ0n) is 13.1. The predicted octanol–water partition coefficient (Wildman–Crippen LogP) is 4.89. The molecular weight excluding hydrogens is 252 g/mol. The summed E-state index contributed by atoms with van der Waals surface area (Å²) in [5.41, 5.74) is 1.58. The van der Waals surface area contributed by atoms with E-state index in [9.17, 15) is 0 Å². The number of fused-ring (bicyclic) bond motifs is 1. The molecule has 0 radical (unpaired) electrons. The molecule has 2 rings (SSSR count). The van der Waals surface area contributed by atoms with Crippen LogP contribution in [-0.2, 0) is 4.74 Å². The fraction of sp³-hybridized carbons (Fsp3) is 0.733. The zero-order chi connectivity index (χ0) is 13.8. The lowest BCUT2D eigenvalue weighted by Gasteiger charge is -2.41. The summed E-state index contributed by atoms with van der Waals surface area (Å²) in [7, 11) is -2.70. The summed E-state index contributed by atoms with van der Waals surface area (Å²) in [5, 5.41) is 2.99. The third-order valence-electron chi connectivity index (χ3n) is 4.16. The Labute approximate surface area is 114 Å². The average molecular weight is 281 g/mol. The lowest BCUT2D eigenvalue weighted by molar-refractivity contribution is 0.0645. The number of rotatable bonds is 2. The molecule has 0 bridgehead atoms. The molecule has 0 N–H and O–H groups in total. The van der Waals surface area contributed by atoms with E-state index in [0.29, 0.717) is 0 Å². The fourth-order valence-corrected chi connectivity index (χ4v) is 8.02. The summed E-state index contributed by atoms with van der Waals surface area (Å²) >= 11 is 0. The van der Waals surface area contributed by atoms with Crippen molar-refractivity contribution >= 4 is 16.1 Å². The molecule has 0 spiro atoms. The third-order valence-corrected chi connectivity index (χ3v) is 8.13. The predicted molar refractivity (Wildman–Crippen MR) is 85.1 cm³/mol. The minimum atomic E-state index is -1.39. The Morgan fingerprint density at radius 1 is 1.06 bits per heavy atom. The Kier molecular flexibility index (Phi) is 3.22. The molecule has 1 heterocycles. The van der Waals surface area contributed by atoms with E-state index < -0.39 is 16.1 Å². The van der Waals surface area contributed by atoms with Crippen LogP contribution >= 0.6 is 0 Å². The smallest absolute Gasteiger partial charge is 0.126 e. The van der Waals surface area contributed by atoms with Crippen LogP contribution < -0.4 is 0 Å². The maximum absolute atomic E-state index is 6.61. The van der Waals surface area contributed by atoms with Gasteiger partial charge in [-0.15, -0.1) is 0 Å². The molecular formula is C15H28OSi2. The number of hydrogen-bond donors (Lipinski definition) is 0. The molecule has 0 amide bonds. The quantitative estimate of drug-likeness (QED) is 0.654. The summed E-state index contributed by atoms with van der Waals surface area (Å²) in [6.07, 6.45) is 6.27. The number of ether oxygens (including phenoxy) is 1. The van der Waals surface area contributed by atoms with Crippen LogP contribution in [0, 0.1) is 0 Å². The van der Waals surface area contributed by atoms with E-state index in [2.05, 4.69) is 52.3 Å². The van der Waals surface area contributed by atoms with Crippen LogP contribution in [0.4, 0.5) is 0 Å². The Morgan fingerprint density at radius 3 is 2.17 bits per heavy atom. The van der Waals surface area contributed by atoms with Crippen LogP contribution in [0.1, 0.15) is 26.2 Å². The van der Waals surface area contributed by atoms with Gasteiger partial charge in [-0.1, -0.05) is 45.4 Å². The first-order valence-electron chi connectivity index (χ1n) is 7.19. The molecule has 1 atom stereocenters. The van der Waals surface area contributed by atoms with Gasteiger partial charge >= 0.3 is 0 Å². The van der Waals surface area contributed by atoms with Gasteiger partial charge in [0.15, 0.2) is 0 Å². The van der Waals surface area contributed by atoms with Gasteiger partial charge in [0.2, 0.25) is 0 Å². The second kappa shape index (κ2) is 4.10. The van der Waals surface area contributed by atoms with Gasteiger partial charge in [-0.25, -0.2) is 0 Å². The second-order valence-electron chi connectivity index (χ2n) is 8.10. The summed E-state index contributed by atoms with van der Waals surface area (Å²) in [4.78, 5) is 0. The Morgan fingerprint density at radius 2 is 1.67 bits per heavy atom. The van der Waals surface area contributed by atoms with Crippen molar-refractivity contribution in [1.29, 1.82) is 0 Å². The Bertz CT molecular complexity index is 421. The van der Waals surface area contributed by atoms with Gasteiger partial charge in [0.25, 0.3) is 0 Å². The topological polar surface area (TPSA) is 9.23 Å². The van der Waals surface area contributed by atoms with Crippen molar-refractivity contribution in [1.82, 2.24) is 0 Å². The minimum Gasteiger partial charge on any atom is -0.493 e. The van der Waals surface area contributed by atoms with Crippen molar-refractivity contribution < 1.29 is 4.74 Å². The first-order chi connectivity index (χ1) is 8.04. The molecule has 18 heavy (non-hydrogen) atoms. The van der Waals surface area contributed by atoms with Crippen LogP contribution in [0.25, 0.3) is 0 Å². The van der Waals surface area contributed by atoms with E-state index in [1.165, 1.54) is 24.6 Å². The normalized spacial score (nSPS) is 28.9. The van der Waals surface area contributed by atoms with Gasteiger partial charge in [0.1, 0.15) is 13.7 Å². The first kappa shape index (κ1) is 14.1. The van der Waals surface area contributed by atoms with Crippen LogP contribution in [0.15, 0.2) is 22.2 Å². The monoisotopic (exact) mass is 280 g/mol. The van der Waals surface area contributed by atoms with Crippen molar-refractivity contribution in [3.8, 4) is 0 Å². The van der Waals surface area contributed by atoms with Gasteiger partial charge in [-0.3, -0.25) is 0 Å². The molecule has 0 saturated heterocycles. The molecule has 0 aromatic carbocycles. The summed E-state index contributed by atoms with van der Waals surface area (Å²) in [5.74, 6) is 0. The lowest BCUT2D eigenvalue weighted by Crippen LogP contribution is -2.42. The van der Waals surface area contributed by atoms with E-state index in [-0.39, 0.29) is 5.60 Å². The highest BCUT2D eigenvalue weighted by atomic mass is 28.3. The molecule has 1 saturated carbocycles. The van der Waals surface area contributed by atoms with Crippen molar-refractivity contribution in [2.45, 2.75) is 71.1 Å². The molecule has 1 aliphatic heterocycles.